The van der Waals surface area contributed by atoms with E-state index in [2.05, 4.69) is 42.0 Å². The molecule has 0 bridgehead atoms. The molecule has 1 unspecified atom stereocenters. The van der Waals surface area contributed by atoms with E-state index < -0.39 is 0 Å². The zero-order chi connectivity index (χ0) is 13.9. The van der Waals surface area contributed by atoms with Crippen molar-refractivity contribution in [2.24, 2.45) is 0 Å². The lowest BCUT2D eigenvalue weighted by Crippen LogP contribution is -2.28. The number of rotatable bonds is 11. The van der Waals surface area contributed by atoms with E-state index in [-0.39, 0.29) is 0 Å². The highest BCUT2D eigenvalue weighted by molar-refractivity contribution is 4.95. The molecule has 3 heteroatoms. The highest BCUT2D eigenvalue weighted by Gasteiger charge is 2.10. The SMILES string of the molecule is CCCCCCCC(Cc1nccn1CCC)NC. The van der Waals surface area contributed by atoms with Gasteiger partial charge in [0.1, 0.15) is 5.82 Å². The van der Waals surface area contributed by atoms with Crippen LogP contribution in [0.2, 0.25) is 0 Å². The van der Waals surface area contributed by atoms with E-state index in [0.29, 0.717) is 6.04 Å². The van der Waals surface area contributed by atoms with Gasteiger partial charge in [-0.2, -0.15) is 0 Å². The molecule has 0 aliphatic carbocycles. The number of aromatic nitrogens is 2. The summed E-state index contributed by atoms with van der Waals surface area (Å²) >= 11 is 0. The first-order valence-corrected chi connectivity index (χ1v) is 7.99. The first kappa shape index (κ1) is 16.2. The molecule has 0 radical (unpaired) electrons. The fourth-order valence-electron chi connectivity index (χ4n) is 2.54. The van der Waals surface area contributed by atoms with Gasteiger partial charge in [0.2, 0.25) is 0 Å². The third-order valence-electron chi connectivity index (χ3n) is 3.76. The van der Waals surface area contributed by atoms with E-state index in [4.69, 9.17) is 0 Å². The van der Waals surface area contributed by atoms with Gasteiger partial charge in [-0.15, -0.1) is 0 Å². The highest BCUT2D eigenvalue weighted by atomic mass is 15.1. The third-order valence-corrected chi connectivity index (χ3v) is 3.76. The smallest absolute Gasteiger partial charge is 0.110 e. The lowest BCUT2D eigenvalue weighted by Gasteiger charge is -2.16. The van der Waals surface area contributed by atoms with Crippen molar-refractivity contribution in [1.29, 1.82) is 0 Å². The number of likely N-dealkylation sites (N-methyl/N-ethyl adjacent to an activating group) is 1. The summed E-state index contributed by atoms with van der Waals surface area (Å²) in [5.41, 5.74) is 0. The van der Waals surface area contributed by atoms with E-state index in [1.54, 1.807) is 0 Å². The second-order valence-corrected chi connectivity index (χ2v) is 5.43. The van der Waals surface area contributed by atoms with Gasteiger partial charge in [-0.3, -0.25) is 0 Å². The first-order valence-electron chi connectivity index (χ1n) is 7.99. The van der Waals surface area contributed by atoms with Gasteiger partial charge >= 0.3 is 0 Å². The van der Waals surface area contributed by atoms with Crippen molar-refractivity contribution in [3.8, 4) is 0 Å². The van der Waals surface area contributed by atoms with E-state index in [1.807, 2.05) is 6.20 Å². The van der Waals surface area contributed by atoms with Gasteiger partial charge in [0.25, 0.3) is 0 Å². The maximum atomic E-state index is 4.50. The predicted octanol–water partition coefficient (Wildman–Crippen LogP) is 3.78. The second kappa shape index (κ2) is 10.0. The van der Waals surface area contributed by atoms with Gasteiger partial charge < -0.3 is 9.88 Å². The molecule has 1 N–H and O–H groups in total. The quantitative estimate of drug-likeness (QED) is 0.617. The number of hydrogen-bond acceptors (Lipinski definition) is 2. The monoisotopic (exact) mass is 265 g/mol. The van der Waals surface area contributed by atoms with E-state index in [1.165, 1.54) is 50.8 Å². The lowest BCUT2D eigenvalue weighted by atomic mass is 10.0. The maximum absolute atomic E-state index is 4.50. The average molecular weight is 265 g/mol. The number of imidazole rings is 1. The van der Waals surface area contributed by atoms with Crippen LogP contribution in [0.4, 0.5) is 0 Å². The number of nitrogens with one attached hydrogen (secondary N) is 1. The van der Waals surface area contributed by atoms with E-state index in [0.717, 1.165) is 13.0 Å². The Morgan fingerprint density at radius 3 is 2.63 bits per heavy atom. The van der Waals surface area contributed by atoms with Crippen molar-refractivity contribution in [2.45, 2.75) is 77.8 Å². The second-order valence-electron chi connectivity index (χ2n) is 5.43. The summed E-state index contributed by atoms with van der Waals surface area (Å²) in [7, 11) is 2.07. The molecule has 1 heterocycles. The van der Waals surface area contributed by atoms with Crippen molar-refractivity contribution in [2.75, 3.05) is 7.05 Å². The lowest BCUT2D eigenvalue weighted by molar-refractivity contribution is 0.464. The Labute approximate surface area is 118 Å². The number of hydrogen-bond donors (Lipinski definition) is 1. The molecule has 1 aromatic rings. The van der Waals surface area contributed by atoms with Gasteiger partial charge in [0.05, 0.1) is 0 Å². The van der Waals surface area contributed by atoms with Crippen molar-refractivity contribution < 1.29 is 0 Å². The minimum Gasteiger partial charge on any atom is -0.335 e. The van der Waals surface area contributed by atoms with Crippen LogP contribution in [0.1, 0.15) is 64.6 Å². The summed E-state index contributed by atoms with van der Waals surface area (Å²) in [6, 6.07) is 0.569. The predicted molar refractivity (Wildman–Crippen MR) is 82.4 cm³/mol. The van der Waals surface area contributed by atoms with Gasteiger partial charge in [-0.05, 0) is 19.9 Å². The summed E-state index contributed by atoms with van der Waals surface area (Å²) in [4.78, 5) is 4.50. The van der Waals surface area contributed by atoms with E-state index >= 15 is 0 Å². The molecule has 0 saturated heterocycles. The van der Waals surface area contributed by atoms with Gasteiger partial charge in [0.15, 0.2) is 0 Å². The molecule has 0 spiro atoms. The molecule has 0 fully saturated rings. The van der Waals surface area contributed by atoms with Crippen LogP contribution in [0, 0.1) is 0 Å². The molecule has 0 aliphatic rings. The molecule has 1 aromatic heterocycles. The first-order chi connectivity index (χ1) is 9.31. The van der Waals surface area contributed by atoms with Gasteiger partial charge in [-0.1, -0.05) is 46.0 Å². The average Bonchev–Trinajstić information content (AvgIpc) is 2.85. The third kappa shape index (κ3) is 6.24. The van der Waals surface area contributed by atoms with Crippen LogP contribution >= 0.6 is 0 Å². The summed E-state index contributed by atoms with van der Waals surface area (Å²) in [6.45, 7) is 5.57. The zero-order valence-electron chi connectivity index (χ0n) is 13.0. The Kier molecular flexibility index (Phi) is 8.55. The number of nitrogens with zero attached hydrogens (tertiary/aromatic N) is 2. The Morgan fingerprint density at radius 1 is 1.16 bits per heavy atom. The van der Waals surface area contributed by atoms with Gasteiger partial charge in [-0.25, -0.2) is 4.98 Å². The van der Waals surface area contributed by atoms with Crippen LogP contribution in [-0.2, 0) is 13.0 Å². The maximum Gasteiger partial charge on any atom is 0.110 e. The zero-order valence-corrected chi connectivity index (χ0v) is 13.0. The molecule has 110 valence electrons. The van der Waals surface area contributed by atoms with Crippen LogP contribution in [0.25, 0.3) is 0 Å². The minimum absolute atomic E-state index is 0.569. The fraction of sp³-hybridized carbons (Fsp3) is 0.812. The van der Waals surface area contributed by atoms with Crippen molar-refractivity contribution in [3.05, 3.63) is 18.2 Å². The summed E-state index contributed by atoms with van der Waals surface area (Å²) in [6.07, 6.45) is 14.3. The molecule has 0 saturated carbocycles. The topological polar surface area (TPSA) is 29.9 Å². The molecule has 19 heavy (non-hydrogen) atoms. The normalized spacial score (nSPS) is 12.8. The number of aryl methyl sites for hydroxylation is 1. The molecule has 1 rings (SSSR count). The van der Waals surface area contributed by atoms with Crippen molar-refractivity contribution in [3.63, 3.8) is 0 Å². The van der Waals surface area contributed by atoms with Crippen LogP contribution in [0.15, 0.2) is 12.4 Å². The van der Waals surface area contributed by atoms with Crippen molar-refractivity contribution >= 4 is 0 Å². The van der Waals surface area contributed by atoms with Crippen LogP contribution < -0.4 is 5.32 Å². The highest BCUT2D eigenvalue weighted by Crippen LogP contribution is 2.11. The summed E-state index contributed by atoms with van der Waals surface area (Å²) in [5, 5.41) is 3.45. The largest absolute Gasteiger partial charge is 0.335 e. The van der Waals surface area contributed by atoms with Crippen LogP contribution in [0.3, 0.4) is 0 Å². The molecule has 0 aliphatic heterocycles. The molecular formula is C16H31N3. The minimum atomic E-state index is 0.569. The Bertz CT molecular complexity index is 320. The molecular weight excluding hydrogens is 234 g/mol. The molecule has 0 aromatic carbocycles. The van der Waals surface area contributed by atoms with Crippen LogP contribution in [0.5, 0.6) is 0 Å². The Morgan fingerprint density at radius 2 is 1.95 bits per heavy atom. The number of unbranched alkanes of at least 4 members (excludes halogenated alkanes) is 4. The summed E-state index contributed by atoms with van der Waals surface area (Å²) < 4.78 is 2.29. The Hall–Kier alpha value is -0.830. The molecule has 1 atom stereocenters. The van der Waals surface area contributed by atoms with Gasteiger partial charge in [0, 0.05) is 31.4 Å². The van der Waals surface area contributed by atoms with Crippen LogP contribution in [-0.4, -0.2) is 22.6 Å². The Balaban J connectivity index is 2.32. The van der Waals surface area contributed by atoms with Crippen molar-refractivity contribution in [1.82, 2.24) is 14.9 Å². The molecule has 3 nitrogen and oxygen atoms in total. The molecule has 0 amide bonds. The fourth-order valence-corrected chi connectivity index (χ4v) is 2.54. The summed E-state index contributed by atoms with van der Waals surface area (Å²) in [5.74, 6) is 1.23. The standard InChI is InChI=1S/C16H31N3/c1-4-6-7-8-9-10-15(17-3)14-16-18-11-13-19(16)12-5-2/h11,13,15,17H,4-10,12,14H2,1-3H3. The van der Waals surface area contributed by atoms with E-state index in [9.17, 15) is 0 Å².